The van der Waals surface area contributed by atoms with E-state index in [1.54, 1.807) is 12.1 Å². The molecular formula is C9H11Cl3N4. The van der Waals surface area contributed by atoms with E-state index in [2.05, 4.69) is 15.7 Å². The fourth-order valence-electron chi connectivity index (χ4n) is 1.03. The predicted molar refractivity (Wildman–Crippen MR) is 70.4 cm³/mol. The van der Waals surface area contributed by atoms with E-state index in [0.29, 0.717) is 33.3 Å². The molecule has 1 aromatic rings. The first-order valence-corrected chi connectivity index (χ1v) is 5.64. The van der Waals surface area contributed by atoms with E-state index in [9.17, 15) is 0 Å². The fourth-order valence-corrected chi connectivity index (χ4v) is 1.62. The van der Waals surface area contributed by atoms with E-state index >= 15 is 0 Å². The van der Waals surface area contributed by atoms with Crippen molar-refractivity contribution in [3.8, 4) is 0 Å². The average Bonchev–Trinajstić information content (AvgIpc) is 2.25. The third-order valence-electron chi connectivity index (χ3n) is 1.72. The number of guanidine groups is 1. The van der Waals surface area contributed by atoms with Gasteiger partial charge in [-0.3, -0.25) is 10.4 Å². The van der Waals surface area contributed by atoms with Crippen LogP contribution in [0.1, 0.15) is 6.92 Å². The summed E-state index contributed by atoms with van der Waals surface area (Å²) < 4.78 is 0. The molecule has 0 fully saturated rings. The van der Waals surface area contributed by atoms with Crippen molar-refractivity contribution in [3.05, 3.63) is 27.2 Å². The third kappa shape index (κ3) is 3.42. The van der Waals surface area contributed by atoms with Gasteiger partial charge >= 0.3 is 0 Å². The van der Waals surface area contributed by atoms with Gasteiger partial charge in [-0.25, -0.2) is 5.84 Å². The highest BCUT2D eigenvalue weighted by atomic mass is 35.5. The Labute approximate surface area is 109 Å². The molecule has 0 atom stereocenters. The van der Waals surface area contributed by atoms with E-state index in [4.69, 9.17) is 40.6 Å². The van der Waals surface area contributed by atoms with E-state index in [1.165, 1.54) is 0 Å². The maximum absolute atomic E-state index is 5.97. The van der Waals surface area contributed by atoms with Gasteiger partial charge in [0.1, 0.15) is 0 Å². The molecule has 0 saturated carbocycles. The smallest absolute Gasteiger partial charge is 0.210 e. The highest BCUT2D eigenvalue weighted by Gasteiger charge is 2.07. The second kappa shape index (κ2) is 6.15. The molecule has 0 aromatic heterocycles. The van der Waals surface area contributed by atoms with E-state index < -0.39 is 0 Å². The number of hydrazine groups is 1. The molecule has 4 N–H and O–H groups in total. The first-order chi connectivity index (χ1) is 7.58. The molecule has 0 heterocycles. The van der Waals surface area contributed by atoms with Crippen LogP contribution in [0.4, 0.5) is 5.69 Å². The lowest BCUT2D eigenvalue weighted by atomic mass is 10.3. The number of aliphatic imine (C=N–C) groups is 1. The summed E-state index contributed by atoms with van der Waals surface area (Å²) in [5.41, 5.74) is 3.00. The summed E-state index contributed by atoms with van der Waals surface area (Å²) in [6.07, 6.45) is 0. The summed E-state index contributed by atoms with van der Waals surface area (Å²) in [5, 5.41) is 4.14. The van der Waals surface area contributed by atoms with Crippen LogP contribution in [0.15, 0.2) is 17.1 Å². The zero-order chi connectivity index (χ0) is 12.1. The van der Waals surface area contributed by atoms with Crippen molar-refractivity contribution < 1.29 is 0 Å². The number of halogens is 3. The molecule has 88 valence electrons. The van der Waals surface area contributed by atoms with Crippen LogP contribution in [0, 0.1) is 0 Å². The number of rotatable bonds is 2. The Morgan fingerprint density at radius 3 is 2.44 bits per heavy atom. The lowest BCUT2D eigenvalue weighted by Crippen LogP contribution is -2.36. The van der Waals surface area contributed by atoms with Gasteiger partial charge in [-0.05, 0) is 19.1 Å². The monoisotopic (exact) mass is 280 g/mol. The molecule has 7 heteroatoms. The Hall–Kier alpha value is -0.680. The van der Waals surface area contributed by atoms with Gasteiger partial charge in [0.2, 0.25) is 5.96 Å². The van der Waals surface area contributed by atoms with Gasteiger partial charge in [-0.2, -0.15) is 0 Å². The largest absolute Gasteiger partial charge is 0.324 e. The maximum atomic E-state index is 5.97. The lowest BCUT2D eigenvalue weighted by Gasteiger charge is -2.11. The Morgan fingerprint density at radius 2 is 1.88 bits per heavy atom. The van der Waals surface area contributed by atoms with Crippen LogP contribution in [0.2, 0.25) is 15.1 Å². The summed E-state index contributed by atoms with van der Waals surface area (Å²) in [6.45, 7) is 2.47. The topological polar surface area (TPSA) is 62.4 Å². The SMILES string of the molecule is CCN=C(NN)Nc1cc(Cl)c(Cl)cc1Cl. The number of nitrogens with two attached hydrogens (primary N) is 1. The molecule has 0 saturated heterocycles. The van der Waals surface area contributed by atoms with Crippen molar-refractivity contribution >= 4 is 46.4 Å². The first-order valence-electron chi connectivity index (χ1n) is 4.51. The van der Waals surface area contributed by atoms with Crippen LogP contribution in [0.3, 0.4) is 0 Å². The number of hydrogen-bond acceptors (Lipinski definition) is 2. The Balaban J connectivity index is 2.97. The van der Waals surface area contributed by atoms with Crippen molar-refractivity contribution in [2.75, 3.05) is 11.9 Å². The van der Waals surface area contributed by atoms with Crippen molar-refractivity contribution in [2.24, 2.45) is 10.8 Å². The van der Waals surface area contributed by atoms with Crippen LogP contribution in [0.5, 0.6) is 0 Å². The summed E-state index contributed by atoms with van der Waals surface area (Å²) in [4.78, 5) is 4.07. The van der Waals surface area contributed by atoms with Crippen LogP contribution in [0.25, 0.3) is 0 Å². The normalized spacial score (nSPS) is 11.4. The van der Waals surface area contributed by atoms with Crippen molar-refractivity contribution in [1.82, 2.24) is 5.43 Å². The molecule has 16 heavy (non-hydrogen) atoms. The van der Waals surface area contributed by atoms with E-state index in [0.717, 1.165) is 0 Å². The molecule has 0 bridgehead atoms. The number of benzene rings is 1. The van der Waals surface area contributed by atoms with Gasteiger partial charge in [0.25, 0.3) is 0 Å². The molecule has 0 aliphatic carbocycles. The van der Waals surface area contributed by atoms with Gasteiger partial charge < -0.3 is 5.32 Å². The Bertz CT molecular complexity index is 406. The summed E-state index contributed by atoms with van der Waals surface area (Å²) in [6, 6.07) is 3.16. The van der Waals surface area contributed by atoms with Crippen LogP contribution < -0.4 is 16.6 Å². The average molecular weight is 282 g/mol. The van der Waals surface area contributed by atoms with Crippen LogP contribution in [-0.4, -0.2) is 12.5 Å². The summed E-state index contributed by atoms with van der Waals surface area (Å²) >= 11 is 17.6. The van der Waals surface area contributed by atoms with Gasteiger partial charge in [-0.15, -0.1) is 0 Å². The Kier molecular flexibility index (Phi) is 5.15. The molecule has 0 aliphatic rings. The zero-order valence-corrected chi connectivity index (χ0v) is 10.8. The summed E-state index contributed by atoms with van der Waals surface area (Å²) in [5.74, 6) is 5.68. The number of hydrogen-bond donors (Lipinski definition) is 3. The van der Waals surface area contributed by atoms with Crippen molar-refractivity contribution in [3.63, 3.8) is 0 Å². The van der Waals surface area contributed by atoms with Gasteiger partial charge in [-0.1, -0.05) is 34.8 Å². The standard InChI is InChI=1S/C9H11Cl3N4/c1-2-14-9(16-13)15-8-4-6(11)5(10)3-7(8)12/h3-4H,2,13H2,1H3,(H2,14,15,16). The molecular weight excluding hydrogens is 270 g/mol. The minimum atomic E-state index is 0.395. The molecule has 1 rings (SSSR count). The minimum absolute atomic E-state index is 0.395. The molecule has 0 radical (unpaired) electrons. The number of nitrogens with one attached hydrogen (secondary N) is 2. The zero-order valence-electron chi connectivity index (χ0n) is 8.52. The van der Waals surface area contributed by atoms with Gasteiger partial charge in [0.15, 0.2) is 0 Å². The lowest BCUT2D eigenvalue weighted by molar-refractivity contribution is 0.986. The Morgan fingerprint density at radius 1 is 1.25 bits per heavy atom. The highest BCUT2D eigenvalue weighted by molar-refractivity contribution is 6.44. The first kappa shape index (κ1) is 13.4. The molecule has 4 nitrogen and oxygen atoms in total. The van der Waals surface area contributed by atoms with Crippen molar-refractivity contribution in [2.45, 2.75) is 6.92 Å². The van der Waals surface area contributed by atoms with Crippen molar-refractivity contribution in [1.29, 1.82) is 0 Å². The van der Waals surface area contributed by atoms with Crippen LogP contribution in [-0.2, 0) is 0 Å². The quantitative estimate of drug-likeness (QED) is 0.257. The van der Waals surface area contributed by atoms with E-state index in [1.807, 2.05) is 6.92 Å². The fraction of sp³-hybridized carbons (Fsp3) is 0.222. The molecule has 0 unspecified atom stereocenters. The van der Waals surface area contributed by atoms with Crippen LogP contribution >= 0.6 is 34.8 Å². The van der Waals surface area contributed by atoms with E-state index in [-0.39, 0.29) is 0 Å². The molecule has 0 spiro atoms. The van der Waals surface area contributed by atoms with Gasteiger partial charge in [0, 0.05) is 6.54 Å². The highest BCUT2D eigenvalue weighted by Crippen LogP contribution is 2.32. The predicted octanol–water partition coefficient (Wildman–Crippen LogP) is 2.90. The third-order valence-corrected chi connectivity index (χ3v) is 2.75. The summed E-state index contributed by atoms with van der Waals surface area (Å²) in [7, 11) is 0. The molecule has 0 aliphatic heterocycles. The second-order valence-electron chi connectivity index (χ2n) is 2.84. The minimum Gasteiger partial charge on any atom is -0.324 e. The number of anilines is 1. The molecule has 1 aromatic carbocycles. The van der Waals surface area contributed by atoms with Gasteiger partial charge in [0.05, 0.1) is 20.8 Å². The molecule has 0 amide bonds. The maximum Gasteiger partial charge on any atom is 0.210 e. The second-order valence-corrected chi connectivity index (χ2v) is 4.06. The number of nitrogens with zero attached hydrogens (tertiary/aromatic N) is 1.